The van der Waals surface area contributed by atoms with E-state index in [1.54, 1.807) is 15.9 Å². The van der Waals surface area contributed by atoms with Crippen molar-refractivity contribution in [3.8, 4) is 0 Å². The Bertz CT molecular complexity index is 1440. The molecule has 45 heavy (non-hydrogen) atoms. The molecule has 1 amide bonds. The fraction of sp³-hybridized carbons (Fsp3) is 0.562. The number of carbonyl (C=O) groups is 2. The van der Waals surface area contributed by atoms with Gasteiger partial charge in [-0.25, -0.2) is 13.6 Å². The Balaban J connectivity index is 1.06. The fourth-order valence-corrected chi connectivity index (χ4v) is 7.20. The van der Waals surface area contributed by atoms with Crippen molar-refractivity contribution >= 4 is 23.3 Å². The van der Waals surface area contributed by atoms with Gasteiger partial charge in [-0.1, -0.05) is 0 Å². The van der Waals surface area contributed by atoms with Gasteiger partial charge >= 0.3 is 12.1 Å². The van der Waals surface area contributed by atoms with E-state index in [-0.39, 0.29) is 35.2 Å². The van der Waals surface area contributed by atoms with E-state index in [0.717, 1.165) is 31.4 Å². The number of hydrogen-bond acceptors (Lipinski definition) is 6. The van der Waals surface area contributed by atoms with Gasteiger partial charge < -0.3 is 24.5 Å². The molecule has 0 aromatic heterocycles. The van der Waals surface area contributed by atoms with Crippen LogP contribution < -0.4 is 9.80 Å². The van der Waals surface area contributed by atoms with Gasteiger partial charge in [-0.05, 0) is 74.9 Å². The standard InChI is InChI=1S/C32H37F5N4O4/c1-20-18-40(12-13-41(20)24-4-5-28(34)27(17-24)29(42)43)25-6-7-31(45-19-25,21-2-3-21)30(44)39-10-8-38(9-11-39)26-15-22(32(35,36)37)14-23(33)16-26/h4-5,14-17,20-21,25H,2-3,6-13,18-19H2,1H3,(H,42,43)/t20-,25?,31-/m0/s1. The Hall–Kier alpha value is -3.45. The number of rotatable bonds is 6. The van der Waals surface area contributed by atoms with Crippen molar-refractivity contribution in [2.24, 2.45) is 5.92 Å². The second-order valence-electron chi connectivity index (χ2n) is 12.6. The fourth-order valence-electron chi connectivity index (χ4n) is 7.20. The van der Waals surface area contributed by atoms with Crippen molar-refractivity contribution in [2.75, 3.05) is 62.2 Å². The molecule has 1 saturated carbocycles. The lowest BCUT2D eigenvalue weighted by Crippen LogP contribution is -2.62. The largest absolute Gasteiger partial charge is 0.478 e. The number of nitrogens with zero attached hydrogens (tertiary/aromatic N) is 4. The van der Waals surface area contributed by atoms with Gasteiger partial charge in [0.1, 0.15) is 17.2 Å². The number of amides is 1. The SMILES string of the molecule is C[C@H]1CN(C2CC[C@@](C(=O)N3CCN(c4cc(F)cc(C(F)(F)F)c4)CC3)(C3CC3)OC2)CCN1c1ccc(F)c(C(=O)O)c1. The van der Waals surface area contributed by atoms with Gasteiger partial charge in [0.2, 0.25) is 0 Å². The van der Waals surface area contributed by atoms with Crippen LogP contribution in [0.3, 0.4) is 0 Å². The number of carbonyl (C=O) groups excluding carboxylic acids is 1. The Kier molecular flexibility index (Phi) is 8.44. The molecule has 1 unspecified atom stereocenters. The third kappa shape index (κ3) is 6.33. The third-order valence-electron chi connectivity index (χ3n) is 9.81. The predicted molar refractivity (Wildman–Crippen MR) is 156 cm³/mol. The lowest BCUT2D eigenvalue weighted by molar-refractivity contribution is -0.176. The van der Waals surface area contributed by atoms with E-state index in [1.165, 1.54) is 12.1 Å². The molecule has 244 valence electrons. The normalized spacial score (nSPS) is 26.7. The highest BCUT2D eigenvalue weighted by molar-refractivity contribution is 5.89. The van der Waals surface area contributed by atoms with Crippen molar-refractivity contribution in [2.45, 2.75) is 56.5 Å². The molecule has 13 heteroatoms. The molecule has 0 radical (unpaired) electrons. The summed E-state index contributed by atoms with van der Waals surface area (Å²) in [6.07, 6.45) is -1.48. The van der Waals surface area contributed by atoms with Crippen LogP contribution in [0, 0.1) is 17.6 Å². The van der Waals surface area contributed by atoms with E-state index in [1.807, 2.05) is 6.92 Å². The van der Waals surface area contributed by atoms with Crippen molar-refractivity contribution in [1.82, 2.24) is 9.80 Å². The minimum absolute atomic E-state index is 0.0456. The molecule has 8 nitrogen and oxygen atoms in total. The number of halogens is 5. The summed E-state index contributed by atoms with van der Waals surface area (Å²) in [5, 5.41) is 9.32. The van der Waals surface area contributed by atoms with Crippen LogP contribution in [0.2, 0.25) is 0 Å². The highest BCUT2D eigenvalue weighted by atomic mass is 19.4. The first-order valence-electron chi connectivity index (χ1n) is 15.5. The predicted octanol–water partition coefficient (Wildman–Crippen LogP) is 4.87. The lowest BCUT2D eigenvalue weighted by Gasteiger charge is -2.49. The van der Waals surface area contributed by atoms with E-state index < -0.39 is 34.9 Å². The maximum Gasteiger partial charge on any atom is 0.416 e. The van der Waals surface area contributed by atoms with Crippen LogP contribution in [0.15, 0.2) is 36.4 Å². The molecule has 3 atom stereocenters. The summed E-state index contributed by atoms with van der Waals surface area (Å²) in [7, 11) is 0. The van der Waals surface area contributed by atoms with Crippen LogP contribution in [0.1, 0.15) is 48.5 Å². The molecule has 3 aliphatic heterocycles. The number of hydrogen-bond donors (Lipinski definition) is 1. The van der Waals surface area contributed by atoms with Crippen LogP contribution in [0.5, 0.6) is 0 Å². The molecular weight excluding hydrogens is 599 g/mol. The molecule has 0 spiro atoms. The molecule has 1 N–H and O–H groups in total. The number of anilines is 2. The summed E-state index contributed by atoms with van der Waals surface area (Å²) in [6, 6.07) is 6.85. The Morgan fingerprint density at radius 3 is 2.27 bits per heavy atom. The van der Waals surface area contributed by atoms with Crippen LogP contribution in [0.25, 0.3) is 0 Å². The van der Waals surface area contributed by atoms with E-state index in [4.69, 9.17) is 4.74 Å². The summed E-state index contributed by atoms with van der Waals surface area (Å²) in [4.78, 5) is 33.2. The first-order valence-corrected chi connectivity index (χ1v) is 15.5. The maximum absolute atomic E-state index is 14.0. The minimum atomic E-state index is -4.65. The molecule has 6 rings (SSSR count). The average molecular weight is 637 g/mol. The maximum atomic E-state index is 14.0. The molecular formula is C32H37F5N4O4. The van der Waals surface area contributed by atoms with E-state index >= 15 is 0 Å². The molecule has 2 aromatic carbocycles. The number of carboxylic acids is 1. The monoisotopic (exact) mass is 636 g/mol. The quantitative estimate of drug-likeness (QED) is 0.454. The minimum Gasteiger partial charge on any atom is -0.478 e. The summed E-state index contributed by atoms with van der Waals surface area (Å²) >= 11 is 0. The van der Waals surface area contributed by atoms with E-state index in [2.05, 4.69) is 9.80 Å². The number of aromatic carboxylic acids is 1. The number of ether oxygens (including phenoxy) is 1. The summed E-state index contributed by atoms with van der Waals surface area (Å²) in [5.74, 6) is -2.95. The zero-order valence-electron chi connectivity index (χ0n) is 25.0. The Morgan fingerprint density at radius 2 is 1.67 bits per heavy atom. The van der Waals surface area contributed by atoms with E-state index in [9.17, 15) is 36.6 Å². The zero-order valence-corrected chi connectivity index (χ0v) is 25.0. The molecule has 2 aromatic rings. The molecule has 3 heterocycles. The first kappa shape index (κ1) is 31.5. The lowest BCUT2D eigenvalue weighted by atomic mass is 9.85. The third-order valence-corrected chi connectivity index (χ3v) is 9.81. The second-order valence-corrected chi connectivity index (χ2v) is 12.6. The zero-order chi connectivity index (χ0) is 32.1. The van der Waals surface area contributed by atoms with Crippen molar-refractivity contribution in [3.05, 3.63) is 59.2 Å². The van der Waals surface area contributed by atoms with Crippen LogP contribution in [-0.2, 0) is 15.7 Å². The molecule has 3 saturated heterocycles. The first-order chi connectivity index (χ1) is 21.4. The van der Waals surface area contributed by atoms with Gasteiger partial charge in [0.05, 0.1) is 17.7 Å². The Morgan fingerprint density at radius 1 is 0.933 bits per heavy atom. The van der Waals surface area contributed by atoms with Crippen molar-refractivity contribution in [3.63, 3.8) is 0 Å². The number of alkyl halides is 3. The van der Waals surface area contributed by atoms with Crippen molar-refractivity contribution < 1.29 is 41.4 Å². The molecule has 0 bridgehead atoms. The van der Waals surface area contributed by atoms with E-state index in [0.29, 0.717) is 70.6 Å². The van der Waals surface area contributed by atoms with Gasteiger partial charge in [0.25, 0.3) is 5.91 Å². The van der Waals surface area contributed by atoms with Gasteiger partial charge in [0, 0.05) is 69.3 Å². The number of benzene rings is 2. The summed E-state index contributed by atoms with van der Waals surface area (Å²) < 4.78 is 74.1. The molecule has 4 aliphatic rings. The Labute approximate surface area is 258 Å². The van der Waals surface area contributed by atoms with Crippen molar-refractivity contribution in [1.29, 1.82) is 0 Å². The highest BCUT2D eigenvalue weighted by Crippen LogP contribution is 2.48. The van der Waals surface area contributed by atoms with Crippen LogP contribution >= 0.6 is 0 Å². The summed E-state index contributed by atoms with van der Waals surface area (Å²) in [5.41, 5.74) is -1.48. The topological polar surface area (TPSA) is 76.6 Å². The van der Waals surface area contributed by atoms with Gasteiger partial charge in [-0.2, -0.15) is 13.2 Å². The van der Waals surface area contributed by atoms with Crippen LogP contribution in [0.4, 0.5) is 33.3 Å². The van der Waals surface area contributed by atoms with Gasteiger partial charge in [-0.3, -0.25) is 9.69 Å². The highest BCUT2D eigenvalue weighted by Gasteiger charge is 2.56. The second kappa shape index (κ2) is 12.1. The smallest absolute Gasteiger partial charge is 0.416 e. The van der Waals surface area contributed by atoms with Gasteiger partial charge in [0.15, 0.2) is 0 Å². The van der Waals surface area contributed by atoms with Gasteiger partial charge in [-0.15, -0.1) is 0 Å². The molecule has 4 fully saturated rings. The summed E-state index contributed by atoms with van der Waals surface area (Å²) in [6.45, 7) is 5.70. The average Bonchev–Trinajstić information content (AvgIpc) is 3.87. The molecule has 1 aliphatic carbocycles. The van der Waals surface area contributed by atoms with Crippen LogP contribution in [-0.4, -0.2) is 96.9 Å². The number of carboxylic acid groups (broad SMARTS) is 1. The number of piperazine rings is 2.